The molecule has 0 unspecified atom stereocenters. The van der Waals surface area contributed by atoms with Crippen LogP contribution in [-0.4, -0.2) is 33.6 Å². The highest BCUT2D eigenvalue weighted by molar-refractivity contribution is 5.83. The highest BCUT2D eigenvalue weighted by Gasteiger charge is 2.07. The number of imidazole rings is 1. The van der Waals surface area contributed by atoms with E-state index in [1.54, 1.807) is 12.1 Å². The fourth-order valence-corrected chi connectivity index (χ4v) is 3.58. The van der Waals surface area contributed by atoms with Gasteiger partial charge in [-0.15, -0.1) is 0 Å². The van der Waals surface area contributed by atoms with Gasteiger partial charge in [-0.2, -0.15) is 0 Å². The van der Waals surface area contributed by atoms with Gasteiger partial charge in [0.15, 0.2) is 5.96 Å². The average Bonchev–Trinajstić information content (AvgIpc) is 3.39. The quantitative estimate of drug-likeness (QED) is 0.301. The molecule has 0 aliphatic rings. The Bertz CT molecular complexity index is 1150. The zero-order valence-corrected chi connectivity index (χ0v) is 17.6. The molecule has 2 aromatic carbocycles. The minimum absolute atomic E-state index is 0.220. The first-order valence-corrected chi connectivity index (χ1v) is 10.5. The number of nitrogens with one attached hydrogen (secondary N) is 3. The molecule has 7 heteroatoms. The van der Waals surface area contributed by atoms with Crippen molar-refractivity contribution >= 4 is 16.9 Å². The predicted molar refractivity (Wildman–Crippen MR) is 123 cm³/mol. The van der Waals surface area contributed by atoms with Crippen LogP contribution in [0.2, 0.25) is 0 Å². The number of hydrogen-bond donors (Lipinski definition) is 3. The Kier molecular flexibility index (Phi) is 6.62. The predicted octanol–water partition coefficient (Wildman–Crippen LogP) is 3.85. The largest absolute Gasteiger partial charge is 0.361 e. The number of hydrogen-bond acceptors (Lipinski definition) is 2. The molecule has 0 saturated carbocycles. The van der Waals surface area contributed by atoms with Gasteiger partial charge in [-0.05, 0) is 42.7 Å². The number of aromatic amines is 1. The van der Waals surface area contributed by atoms with E-state index >= 15 is 0 Å². The molecule has 0 saturated heterocycles. The van der Waals surface area contributed by atoms with E-state index in [0.717, 1.165) is 47.8 Å². The number of nitrogens with zero attached hydrogens (tertiary/aromatic N) is 3. The fourth-order valence-electron chi connectivity index (χ4n) is 3.58. The maximum absolute atomic E-state index is 13.6. The molecule has 0 fully saturated rings. The van der Waals surface area contributed by atoms with Gasteiger partial charge < -0.3 is 20.2 Å². The SMILES string of the molecule is CCNC(=NCc1nccn1Cc1ccccc1)NCCc1c[nH]c2ccc(F)cc12. The second-order valence-electron chi connectivity index (χ2n) is 7.33. The molecule has 2 heterocycles. The number of aliphatic imine (C=N–C) groups is 1. The Hall–Kier alpha value is -3.61. The lowest BCUT2D eigenvalue weighted by Crippen LogP contribution is -2.38. The fraction of sp³-hybridized carbons (Fsp3) is 0.250. The van der Waals surface area contributed by atoms with Crippen molar-refractivity contribution in [3.05, 3.63) is 89.9 Å². The average molecular weight is 419 g/mol. The molecule has 0 spiro atoms. The summed E-state index contributed by atoms with van der Waals surface area (Å²) < 4.78 is 15.7. The van der Waals surface area contributed by atoms with E-state index in [4.69, 9.17) is 4.99 Å². The summed E-state index contributed by atoms with van der Waals surface area (Å²) in [6, 6.07) is 15.1. The van der Waals surface area contributed by atoms with Crippen molar-refractivity contribution in [2.45, 2.75) is 26.4 Å². The molecule has 6 nitrogen and oxygen atoms in total. The summed E-state index contributed by atoms with van der Waals surface area (Å²) in [5.41, 5.74) is 3.25. The molecular formula is C24H27FN6. The lowest BCUT2D eigenvalue weighted by Gasteiger charge is -2.12. The number of halogens is 1. The van der Waals surface area contributed by atoms with E-state index in [-0.39, 0.29) is 5.82 Å². The van der Waals surface area contributed by atoms with Gasteiger partial charge in [-0.3, -0.25) is 0 Å². The van der Waals surface area contributed by atoms with Gasteiger partial charge in [0.1, 0.15) is 18.2 Å². The molecule has 0 atom stereocenters. The van der Waals surface area contributed by atoms with Crippen molar-refractivity contribution in [3.63, 3.8) is 0 Å². The van der Waals surface area contributed by atoms with Crippen LogP contribution in [0.25, 0.3) is 10.9 Å². The monoisotopic (exact) mass is 418 g/mol. The van der Waals surface area contributed by atoms with Crippen LogP contribution in [0.3, 0.4) is 0 Å². The van der Waals surface area contributed by atoms with Crippen LogP contribution in [0.4, 0.5) is 4.39 Å². The number of aromatic nitrogens is 3. The zero-order chi connectivity index (χ0) is 21.5. The Morgan fingerprint density at radius 3 is 2.87 bits per heavy atom. The van der Waals surface area contributed by atoms with E-state index in [1.807, 2.05) is 43.7 Å². The van der Waals surface area contributed by atoms with Gasteiger partial charge in [0.05, 0.1) is 0 Å². The first-order valence-electron chi connectivity index (χ1n) is 10.5. The third-order valence-electron chi connectivity index (χ3n) is 5.14. The Morgan fingerprint density at radius 2 is 2.03 bits per heavy atom. The summed E-state index contributed by atoms with van der Waals surface area (Å²) in [5, 5.41) is 7.56. The van der Waals surface area contributed by atoms with Gasteiger partial charge in [0.25, 0.3) is 0 Å². The van der Waals surface area contributed by atoms with Crippen LogP contribution in [0.15, 0.2) is 72.1 Å². The normalized spacial score (nSPS) is 11.7. The molecular weight excluding hydrogens is 391 g/mol. The van der Waals surface area contributed by atoms with Crippen molar-refractivity contribution in [2.75, 3.05) is 13.1 Å². The van der Waals surface area contributed by atoms with Gasteiger partial charge in [-0.25, -0.2) is 14.4 Å². The molecule has 31 heavy (non-hydrogen) atoms. The third-order valence-corrected chi connectivity index (χ3v) is 5.14. The van der Waals surface area contributed by atoms with E-state index in [0.29, 0.717) is 13.1 Å². The van der Waals surface area contributed by atoms with Gasteiger partial charge in [0.2, 0.25) is 0 Å². The summed E-state index contributed by atoms with van der Waals surface area (Å²) in [5.74, 6) is 1.43. The lowest BCUT2D eigenvalue weighted by molar-refractivity contribution is 0.629. The molecule has 0 aliphatic carbocycles. The summed E-state index contributed by atoms with van der Waals surface area (Å²) in [7, 11) is 0. The van der Waals surface area contributed by atoms with Crippen molar-refractivity contribution in [1.82, 2.24) is 25.2 Å². The summed E-state index contributed by atoms with van der Waals surface area (Å²) in [6.07, 6.45) is 6.49. The van der Waals surface area contributed by atoms with Crippen molar-refractivity contribution in [2.24, 2.45) is 4.99 Å². The molecule has 3 N–H and O–H groups in total. The van der Waals surface area contributed by atoms with Crippen LogP contribution >= 0.6 is 0 Å². The Morgan fingerprint density at radius 1 is 1.16 bits per heavy atom. The van der Waals surface area contributed by atoms with Crippen molar-refractivity contribution < 1.29 is 4.39 Å². The summed E-state index contributed by atoms with van der Waals surface area (Å²) in [6.45, 7) is 4.74. The molecule has 4 rings (SSSR count). The highest BCUT2D eigenvalue weighted by atomic mass is 19.1. The highest BCUT2D eigenvalue weighted by Crippen LogP contribution is 2.19. The molecule has 0 radical (unpaired) electrons. The van der Waals surface area contributed by atoms with Crippen molar-refractivity contribution in [3.8, 4) is 0 Å². The molecule has 2 aromatic heterocycles. The van der Waals surface area contributed by atoms with Gasteiger partial charge in [0, 0.05) is 49.1 Å². The van der Waals surface area contributed by atoms with Crippen molar-refractivity contribution in [1.29, 1.82) is 0 Å². The topological polar surface area (TPSA) is 70.0 Å². The third kappa shape index (κ3) is 5.31. The second kappa shape index (κ2) is 9.93. The van der Waals surface area contributed by atoms with E-state index in [9.17, 15) is 4.39 Å². The molecule has 0 amide bonds. The van der Waals surface area contributed by atoms with E-state index < -0.39 is 0 Å². The molecule has 0 aliphatic heterocycles. The maximum atomic E-state index is 13.6. The number of H-pyrrole nitrogens is 1. The second-order valence-corrected chi connectivity index (χ2v) is 7.33. The maximum Gasteiger partial charge on any atom is 0.191 e. The zero-order valence-electron chi connectivity index (χ0n) is 17.6. The number of rotatable bonds is 8. The van der Waals surface area contributed by atoms with Crippen LogP contribution in [0.5, 0.6) is 0 Å². The van der Waals surface area contributed by atoms with Crippen LogP contribution < -0.4 is 10.6 Å². The minimum Gasteiger partial charge on any atom is -0.361 e. The van der Waals surface area contributed by atoms with Gasteiger partial charge in [-0.1, -0.05) is 30.3 Å². The smallest absolute Gasteiger partial charge is 0.191 e. The molecule has 160 valence electrons. The summed E-state index contributed by atoms with van der Waals surface area (Å²) in [4.78, 5) is 12.4. The number of benzene rings is 2. The summed E-state index contributed by atoms with van der Waals surface area (Å²) >= 11 is 0. The first-order chi connectivity index (χ1) is 15.2. The van der Waals surface area contributed by atoms with Crippen LogP contribution in [0, 0.1) is 5.82 Å². The number of guanidine groups is 1. The first kappa shape index (κ1) is 20.7. The Balaban J connectivity index is 1.37. The molecule has 0 bridgehead atoms. The lowest BCUT2D eigenvalue weighted by atomic mass is 10.1. The van der Waals surface area contributed by atoms with Gasteiger partial charge >= 0.3 is 0 Å². The van der Waals surface area contributed by atoms with Crippen LogP contribution in [0.1, 0.15) is 23.9 Å². The minimum atomic E-state index is -0.220. The van der Waals surface area contributed by atoms with E-state index in [1.165, 1.54) is 11.6 Å². The number of fused-ring (bicyclic) bond motifs is 1. The standard InChI is InChI=1S/C24H27FN6/c1-2-26-24(28-11-10-19-15-29-22-9-8-20(25)14-21(19)22)30-16-23-27-12-13-31(23)17-18-6-4-3-5-7-18/h3-9,12-15,29H,2,10-11,16-17H2,1H3,(H2,26,28,30). The van der Waals surface area contributed by atoms with Crippen LogP contribution in [-0.2, 0) is 19.5 Å². The van der Waals surface area contributed by atoms with E-state index in [2.05, 4.69) is 37.3 Å². The Labute approximate surface area is 181 Å². The molecule has 4 aromatic rings.